The molecule has 0 saturated carbocycles. The van der Waals surface area contributed by atoms with E-state index in [-0.39, 0.29) is 39.7 Å². The first-order valence-corrected chi connectivity index (χ1v) is 24.3. The maximum absolute atomic E-state index is 3.06. The van der Waals surface area contributed by atoms with Crippen LogP contribution in [0.4, 0.5) is 0 Å². The van der Waals surface area contributed by atoms with Gasteiger partial charge in [-0.3, -0.25) is 0 Å². The van der Waals surface area contributed by atoms with Gasteiger partial charge in [0.25, 0.3) is 0 Å². The molecule has 0 aromatic heterocycles. The van der Waals surface area contributed by atoms with E-state index in [1.807, 2.05) is 0 Å². The van der Waals surface area contributed by atoms with Crippen LogP contribution in [0, 0.1) is 42.5 Å². The molecule has 0 saturated heterocycles. The molecule has 0 aliphatic heterocycles. The van der Waals surface area contributed by atoms with E-state index in [0.29, 0.717) is 11.8 Å². The van der Waals surface area contributed by atoms with Crippen molar-refractivity contribution in [2.75, 3.05) is 0 Å². The van der Waals surface area contributed by atoms with Gasteiger partial charge in [-0.2, -0.15) is 12.1 Å². The molecule has 0 heterocycles. The summed E-state index contributed by atoms with van der Waals surface area (Å²) in [5, 5.41) is 5.47. The van der Waals surface area contributed by atoms with Gasteiger partial charge in [-0.1, -0.05) is 217 Å². The van der Waals surface area contributed by atoms with Gasteiger partial charge in [-0.05, 0) is 50.7 Å². The van der Waals surface area contributed by atoms with Gasteiger partial charge in [0.1, 0.15) is 0 Å². The predicted octanol–water partition coefficient (Wildman–Crippen LogP) is 17.4. The number of halogens is 2. The van der Waals surface area contributed by atoms with Gasteiger partial charge in [0.2, 0.25) is 0 Å². The van der Waals surface area contributed by atoms with Crippen LogP contribution in [0.5, 0.6) is 0 Å². The first-order valence-electron chi connectivity index (χ1n) is 20.1. The molecule has 0 amide bonds. The monoisotopic (exact) mass is 922 g/mol. The van der Waals surface area contributed by atoms with Crippen molar-refractivity contribution in [2.24, 2.45) is 0 Å². The normalized spacial score (nSPS) is 11.2. The van der Waals surface area contributed by atoms with Crippen molar-refractivity contribution in [1.29, 1.82) is 0 Å². The Morgan fingerprint density at radius 3 is 0.900 bits per heavy atom. The third-order valence-electron chi connectivity index (χ3n) is 11.6. The average Bonchev–Trinajstić information content (AvgIpc) is 3.89. The molecule has 0 aliphatic carbocycles. The second-order valence-corrected chi connectivity index (χ2v) is 15.6. The first-order chi connectivity index (χ1) is 27.1. The van der Waals surface area contributed by atoms with Crippen LogP contribution in [0.3, 0.4) is 0 Å². The van der Waals surface area contributed by atoms with E-state index in [0.717, 1.165) is 12.8 Å². The van der Waals surface area contributed by atoms with Gasteiger partial charge >= 0.3 is 30.2 Å². The van der Waals surface area contributed by atoms with Gasteiger partial charge in [0.15, 0.2) is 0 Å². The molecule has 0 bridgehead atoms. The van der Waals surface area contributed by atoms with E-state index in [1.54, 1.807) is 0 Å². The molecule has 4 heteroatoms. The van der Waals surface area contributed by atoms with E-state index in [9.17, 15) is 0 Å². The molecule has 2 unspecified atom stereocenters. The molecule has 2 radical (unpaired) electrons. The maximum atomic E-state index is 3.06. The fourth-order valence-corrected chi connectivity index (χ4v) is 7.62. The second-order valence-electron chi connectivity index (χ2n) is 15.6. The molecule has 0 fully saturated rings. The van der Waals surface area contributed by atoms with Crippen LogP contribution >= 0.6 is 24.8 Å². The molecule has 2 atom stereocenters. The zero-order valence-corrected chi connectivity index (χ0v) is 42.3. The van der Waals surface area contributed by atoms with Crippen molar-refractivity contribution < 1.29 is 23.3 Å². The van der Waals surface area contributed by atoms with Crippen LogP contribution in [0.25, 0.3) is 66.1 Å². The van der Waals surface area contributed by atoms with Gasteiger partial charge in [0, 0.05) is 0 Å². The molecule has 8 rings (SSSR count). The molecule has 0 aliphatic rings. The molecular formula is C56H62Cl2SiZr-4. The number of aryl methyl sites for hydroxylation is 4. The summed E-state index contributed by atoms with van der Waals surface area (Å²) in [5.74, 6) is 1.16. The minimum absolute atomic E-state index is 0. The van der Waals surface area contributed by atoms with Gasteiger partial charge in [-0.25, -0.2) is 0 Å². The van der Waals surface area contributed by atoms with Crippen molar-refractivity contribution in [3.05, 3.63) is 194 Å². The molecule has 60 heavy (non-hydrogen) atoms. The summed E-state index contributed by atoms with van der Waals surface area (Å²) in [6.07, 6.45) is 2.33. The summed E-state index contributed by atoms with van der Waals surface area (Å²) in [7, 11) is 0. The molecule has 0 N–H and O–H groups in total. The van der Waals surface area contributed by atoms with E-state index < -0.39 is 0 Å². The third kappa shape index (κ3) is 11.8. The molecule has 0 spiro atoms. The van der Waals surface area contributed by atoms with Crippen molar-refractivity contribution in [3.63, 3.8) is 0 Å². The summed E-state index contributed by atoms with van der Waals surface area (Å²) in [4.78, 5) is 0. The summed E-state index contributed by atoms with van der Waals surface area (Å²) < 4.78 is 0. The Hall–Kier alpha value is -3.78. The first kappa shape index (κ1) is 52.4. The van der Waals surface area contributed by atoms with Crippen LogP contribution in [0.15, 0.2) is 146 Å². The van der Waals surface area contributed by atoms with Gasteiger partial charge < -0.3 is 14.9 Å². The number of rotatable bonds is 8. The van der Waals surface area contributed by atoms with E-state index in [1.165, 1.54) is 123 Å². The van der Waals surface area contributed by atoms with E-state index >= 15 is 0 Å². The van der Waals surface area contributed by atoms with Crippen molar-refractivity contribution in [2.45, 2.75) is 80.1 Å². The van der Waals surface area contributed by atoms with Crippen molar-refractivity contribution in [1.82, 2.24) is 0 Å². The van der Waals surface area contributed by atoms with Crippen LogP contribution in [0.1, 0.15) is 85.8 Å². The van der Waals surface area contributed by atoms with E-state index in [2.05, 4.69) is 208 Å². The average molecular weight is 925 g/mol. The van der Waals surface area contributed by atoms with Crippen LogP contribution in [0.2, 0.25) is 0 Å². The number of benzene rings is 6. The number of fused-ring (bicyclic) bond motifs is 2. The Bertz CT molecular complexity index is 2180. The van der Waals surface area contributed by atoms with Crippen molar-refractivity contribution in [3.8, 4) is 44.5 Å². The Morgan fingerprint density at radius 2 is 0.650 bits per heavy atom. The summed E-state index contributed by atoms with van der Waals surface area (Å²) in [5.41, 5.74) is 18.6. The molecule has 8 aromatic carbocycles. The fourth-order valence-electron chi connectivity index (χ4n) is 7.62. The van der Waals surface area contributed by atoms with Gasteiger partial charge in [-0.15, -0.1) is 69.6 Å². The summed E-state index contributed by atoms with van der Waals surface area (Å²) in [6.45, 7) is 20.8. The Kier molecular flexibility index (Phi) is 21.0. The quantitative estimate of drug-likeness (QED) is 0.105. The SMILES string of the molecule is CCC(C)c1cc2c(-c3ccc(C)cc3)ccc(-c3ccc(C)cc3)c2[cH-]1.CCC(C)c1cc2c(-c3ccc(C)cc3)ccc(-c3ccc(C)cc3)c2[cH-]1.Cl.Cl.[CH3-].[CH3-].[Si]=[Zr]. The summed E-state index contributed by atoms with van der Waals surface area (Å²) >= 11 is 1.36. The molecule has 312 valence electrons. The minimum atomic E-state index is 0. The van der Waals surface area contributed by atoms with Crippen LogP contribution in [-0.4, -0.2) is 6.88 Å². The fraction of sp³-hybridized carbons (Fsp3) is 0.214. The Balaban J connectivity index is 0.000000373. The Labute approximate surface area is 392 Å². The van der Waals surface area contributed by atoms with Crippen LogP contribution < -0.4 is 0 Å². The predicted molar refractivity (Wildman–Crippen MR) is 270 cm³/mol. The zero-order valence-electron chi connectivity index (χ0n) is 37.2. The Morgan fingerprint density at radius 1 is 0.417 bits per heavy atom. The number of hydrogen-bond donors (Lipinski definition) is 0. The molecule has 0 nitrogen and oxygen atoms in total. The van der Waals surface area contributed by atoms with E-state index in [4.69, 9.17) is 0 Å². The van der Waals surface area contributed by atoms with Crippen molar-refractivity contribution >= 4 is 53.2 Å². The zero-order chi connectivity index (χ0) is 39.9. The molecular weight excluding hydrogens is 863 g/mol. The second kappa shape index (κ2) is 24.0. The topological polar surface area (TPSA) is 0 Å². The van der Waals surface area contributed by atoms with Crippen LogP contribution in [-0.2, 0) is 23.3 Å². The van der Waals surface area contributed by atoms with Gasteiger partial charge in [0.05, 0.1) is 0 Å². The molecule has 8 aromatic rings. The number of hydrogen-bond acceptors (Lipinski definition) is 0. The summed E-state index contributed by atoms with van der Waals surface area (Å²) in [6, 6.07) is 54.4. The third-order valence-corrected chi connectivity index (χ3v) is 11.6. The standard InChI is InChI=1S/2C27H27.2CH3.2ClH.Si.Zr/c2*1-5-20(4)23-16-26-24(21-10-6-18(2)7-11-21)14-15-25(27(26)17-23)22-12-8-19(3)9-13-22;;;;;;/h2*6-17,20H,5H2,1-4H3;2*1H3;2*1H;;/q4*-1;;;;.